The molecular weight excluding hydrogens is 443 g/mol. The van der Waals surface area contributed by atoms with Crippen LogP contribution in [0.1, 0.15) is 18.2 Å². The Morgan fingerprint density at radius 3 is 2.58 bits per heavy atom. The third kappa shape index (κ3) is 7.07. The van der Waals surface area contributed by atoms with Crippen LogP contribution in [-0.2, 0) is 13.0 Å². The molecule has 2 rings (SSSR count). The third-order valence-electron chi connectivity index (χ3n) is 3.61. The van der Waals surface area contributed by atoms with Gasteiger partial charge in [0, 0.05) is 19.2 Å². The maximum Gasteiger partial charge on any atom is 0.213 e. The number of aliphatic imine (C=N–C) groups is 1. The minimum atomic E-state index is 0. The highest BCUT2D eigenvalue weighted by Gasteiger charge is 2.03. The minimum Gasteiger partial charge on any atom is -0.496 e. The van der Waals surface area contributed by atoms with E-state index >= 15 is 0 Å². The van der Waals surface area contributed by atoms with Gasteiger partial charge in [-0.05, 0) is 31.0 Å². The average molecular weight is 470 g/mol. The number of guanidine groups is 1. The van der Waals surface area contributed by atoms with E-state index in [0.717, 1.165) is 36.9 Å². The normalized spacial score (nSPS) is 10.7. The van der Waals surface area contributed by atoms with Gasteiger partial charge in [-0.3, -0.25) is 0 Å². The summed E-state index contributed by atoms with van der Waals surface area (Å²) >= 11 is 0. The number of nitrogens with one attached hydrogen (secondary N) is 2. The lowest BCUT2D eigenvalue weighted by molar-refractivity contribution is 0.396. The lowest BCUT2D eigenvalue weighted by Gasteiger charge is -2.12. The zero-order valence-corrected chi connectivity index (χ0v) is 17.8. The van der Waals surface area contributed by atoms with Crippen molar-refractivity contribution in [3.05, 3.63) is 53.7 Å². The first-order chi connectivity index (χ1) is 12.3. The molecule has 0 bridgehead atoms. The lowest BCUT2D eigenvalue weighted by Crippen LogP contribution is -2.38. The van der Waals surface area contributed by atoms with Crippen LogP contribution in [0, 0.1) is 0 Å². The molecule has 2 aromatic rings. The maximum atomic E-state index is 5.38. The van der Waals surface area contributed by atoms with Crippen molar-refractivity contribution >= 4 is 29.9 Å². The van der Waals surface area contributed by atoms with Gasteiger partial charge in [0.05, 0.1) is 26.5 Å². The molecule has 2 N–H and O–H groups in total. The van der Waals surface area contributed by atoms with Gasteiger partial charge in [0.1, 0.15) is 5.75 Å². The Hall–Kier alpha value is -2.03. The zero-order chi connectivity index (χ0) is 17.9. The molecular formula is C19H27IN4O2. The van der Waals surface area contributed by atoms with Crippen LogP contribution in [0.5, 0.6) is 11.6 Å². The molecule has 0 spiro atoms. The van der Waals surface area contributed by atoms with Gasteiger partial charge in [0.2, 0.25) is 5.88 Å². The number of nitrogens with zero attached hydrogens (tertiary/aromatic N) is 2. The highest BCUT2D eigenvalue weighted by atomic mass is 127. The van der Waals surface area contributed by atoms with Gasteiger partial charge in [0.25, 0.3) is 0 Å². The van der Waals surface area contributed by atoms with Gasteiger partial charge in [0.15, 0.2) is 5.96 Å². The molecule has 0 saturated carbocycles. The van der Waals surface area contributed by atoms with E-state index in [1.165, 1.54) is 5.56 Å². The number of methoxy groups -OCH3 is 2. The summed E-state index contributed by atoms with van der Waals surface area (Å²) in [5, 5.41) is 6.59. The molecule has 0 atom stereocenters. The molecule has 0 amide bonds. The number of hydrogen-bond donors (Lipinski definition) is 2. The molecule has 0 aliphatic carbocycles. The van der Waals surface area contributed by atoms with Crippen molar-refractivity contribution in [1.82, 2.24) is 15.6 Å². The van der Waals surface area contributed by atoms with Crippen LogP contribution in [0.15, 0.2) is 47.5 Å². The first kappa shape index (κ1) is 22.0. The van der Waals surface area contributed by atoms with Crippen molar-refractivity contribution < 1.29 is 9.47 Å². The Morgan fingerprint density at radius 2 is 1.85 bits per heavy atom. The van der Waals surface area contributed by atoms with Crippen LogP contribution in [0.3, 0.4) is 0 Å². The standard InChI is InChI=1S/C19H26N4O2.HI/c1-4-20-19(22-14-16-9-7-11-18(23-16)25-3)21-13-12-15-8-5-6-10-17(15)24-2;/h5-11H,4,12-14H2,1-3H3,(H2,20,21,22);1H. The fourth-order valence-corrected chi connectivity index (χ4v) is 2.39. The number of halogens is 1. The summed E-state index contributed by atoms with van der Waals surface area (Å²) in [7, 11) is 3.30. The fourth-order valence-electron chi connectivity index (χ4n) is 2.39. The van der Waals surface area contributed by atoms with E-state index in [-0.39, 0.29) is 24.0 Å². The van der Waals surface area contributed by atoms with Gasteiger partial charge in [-0.2, -0.15) is 0 Å². The summed E-state index contributed by atoms with van der Waals surface area (Å²) in [6.45, 7) is 4.09. The van der Waals surface area contributed by atoms with Gasteiger partial charge < -0.3 is 20.1 Å². The quantitative estimate of drug-likeness (QED) is 0.353. The molecule has 1 aromatic carbocycles. The van der Waals surface area contributed by atoms with Crippen molar-refractivity contribution in [2.45, 2.75) is 19.9 Å². The number of para-hydroxylation sites is 1. The second-order valence-corrected chi connectivity index (χ2v) is 5.36. The van der Waals surface area contributed by atoms with Gasteiger partial charge in [-0.25, -0.2) is 9.98 Å². The predicted molar refractivity (Wildman–Crippen MR) is 116 cm³/mol. The van der Waals surface area contributed by atoms with Crippen LogP contribution in [0.25, 0.3) is 0 Å². The van der Waals surface area contributed by atoms with Crippen molar-refractivity contribution in [3.8, 4) is 11.6 Å². The second-order valence-electron chi connectivity index (χ2n) is 5.36. The predicted octanol–water partition coefficient (Wildman–Crippen LogP) is 3.01. The summed E-state index contributed by atoms with van der Waals surface area (Å²) in [5.41, 5.74) is 2.03. The monoisotopic (exact) mass is 470 g/mol. The first-order valence-electron chi connectivity index (χ1n) is 8.40. The summed E-state index contributed by atoms with van der Waals surface area (Å²) in [6.07, 6.45) is 0.853. The van der Waals surface area contributed by atoms with Crippen LogP contribution in [-0.4, -0.2) is 38.3 Å². The molecule has 0 aliphatic heterocycles. The second kappa shape index (κ2) is 12.3. The molecule has 0 aliphatic rings. The highest BCUT2D eigenvalue weighted by molar-refractivity contribution is 14.0. The van der Waals surface area contributed by atoms with Crippen molar-refractivity contribution in [2.75, 3.05) is 27.3 Å². The Balaban J connectivity index is 0.00000338. The summed E-state index contributed by atoms with van der Waals surface area (Å²) in [4.78, 5) is 8.95. The summed E-state index contributed by atoms with van der Waals surface area (Å²) in [6, 6.07) is 13.7. The van der Waals surface area contributed by atoms with E-state index in [1.807, 2.05) is 43.3 Å². The van der Waals surface area contributed by atoms with E-state index < -0.39 is 0 Å². The zero-order valence-electron chi connectivity index (χ0n) is 15.5. The van der Waals surface area contributed by atoms with Crippen molar-refractivity contribution in [1.29, 1.82) is 0 Å². The summed E-state index contributed by atoms with van der Waals surface area (Å²) < 4.78 is 10.5. The Labute approximate surface area is 172 Å². The van der Waals surface area contributed by atoms with E-state index in [1.54, 1.807) is 14.2 Å². The summed E-state index contributed by atoms with van der Waals surface area (Å²) in [5.74, 6) is 2.27. The van der Waals surface area contributed by atoms with E-state index in [0.29, 0.717) is 12.4 Å². The molecule has 7 heteroatoms. The number of hydrogen-bond acceptors (Lipinski definition) is 4. The molecule has 6 nitrogen and oxygen atoms in total. The van der Waals surface area contributed by atoms with E-state index in [4.69, 9.17) is 9.47 Å². The number of aromatic nitrogens is 1. The van der Waals surface area contributed by atoms with Crippen molar-refractivity contribution in [2.24, 2.45) is 4.99 Å². The number of pyridine rings is 1. The molecule has 1 aromatic heterocycles. The topological polar surface area (TPSA) is 67.8 Å². The Kier molecular flexibility index (Phi) is 10.5. The van der Waals surface area contributed by atoms with E-state index in [2.05, 4.69) is 26.7 Å². The van der Waals surface area contributed by atoms with Gasteiger partial charge in [-0.15, -0.1) is 24.0 Å². The third-order valence-corrected chi connectivity index (χ3v) is 3.61. The molecule has 26 heavy (non-hydrogen) atoms. The highest BCUT2D eigenvalue weighted by Crippen LogP contribution is 2.17. The molecule has 0 saturated heterocycles. The first-order valence-corrected chi connectivity index (χ1v) is 8.40. The van der Waals surface area contributed by atoms with Crippen LogP contribution in [0.4, 0.5) is 0 Å². The fraction of sp³-hybridized carbons (Fsp3) is 0.368. The van der Waals surface area contributed by atoms with Crippen LogP contribution in [0.2, 0.25) is 0 Å². The largest absolute Gasteiger partial charge is 0.496 e. The molecule has 0 fully saturated rings. The number of benzene rings is 1. The van der Waals surface area contributed by atoms with E-state index in [9.17, 15) is 0 Å². The minimum absolute atomic E-state index is 0. The molecule has 0 radical (unpaired) electrons. The SMILES string of the molecule is CCNC(=NCc1cccc(OC)n1)NCCc1ccccc1OC.I. The Morgan fingerprint density at radius 1 is 1.04 bits per heavy atom. The number of ether oxygens (including phenoxy) is 2. The van der Waals surface area contributed by atoms with Crippen molar-refractivity contribution in [3.63, 3.8) is 0 Å². The smallest absolute Gasteiger partial charge is 0.213 e. The van der Waals surface area contributed by atoms with Gasteiger partial charge >= 0.3 is 0 Å². The molecule has 1 heterocycles. The lowest BCUT2D eigenvalue weighted by atomic mass is 10.1. The molecule has 0 unspecified atom stereocenters. The maximum absolute atomic E-state index is 5.38. The molecule has 142 valence electrons. The van der Waals surface area contributed by atoms with Crippen LogP contribution >= 0.6 is 24.0 Å². The van der Waals surface area contributed by atoms with Crippen LogP contribution < -0.4 is 20.1 Å². The van der Waals surface area contributed by atoms with Gasteiger partial charge in [-0.1, -0.05) is 24.3 Å². The Bertz CT molecular complexity index is 695. The average Bonchev–Trinajstić information content (AvgIpc) is 2.66. The number of rotatable bonds is 8.